The number of anilines is 1. The lowest BCUT2D eigenvalue weighted by molar-refractivity contribution is -0.0614. The number of methoxy groups -OCH3 is 2. The zero-order valence-electron chi connectivity index (χ0n) is 21.4. The van der Waals surface area contributed by atoms with Gasteiger partial charge in [0.15, 0.2) is 0 Å². The highest BCUT2D eigenvalue weighted by Gasteiger charge is 2.39. The lowest BCUT2D eigenvalue weighted by Gasteiger charge is -2.46. The molecule has 1 heterocycles. The van der Waals surface area contributed by atoms with Crippen LogP contribution in [0.25, 0.3) is 11.1 Å². The van der Waals surface area contributed by atoms with Gasteiger partial charge in [-0.25, -0.2) is 4.79 Å². The molecule has 36 heavy (non-hydrogen) atoms. The van der Waals surface area contributed by atoms with Crippen molar-refractivity contribution in [1.29, 1.82) is 0 Å². The summed E-state index contributed by atoms with van der Waals surface area (Å²) in [6, 6.07) is 27.7. The van der Waals surface area contributed by atoms with Crippen LogP contribution in [0.2, 0.25) is 0 Å². The van der Waals surface area contributed by atoms with E-state index in [0.29, 0.717) is 11.6 Å². The summed E-state index contributed by atoms with van der Waals surface area (Å²) in [7, 11) is 3.27. The van der Waals surface area contributed by atoms with Crippen LogP contribution in [0.5, 0.6) is 0 Å². The molecular formula is C31H36N2O3. The van der Waals surface area contributed by atoms with Crippen molar-refractivity contribution in [1.82, 2.24) is 4.90 Å². The van der Waals surface area contributed by atoms with Crippen LogP contribution >= 0.6 is 0 Å². The molecule has 0 spiro atoms. The number of hydrogen-bond donors (Lipinski definition) is 0. The van der Waals surface area contributed by atoms with Crippen molar-refractivity contribution in [3.8, 4) is 11.1 Å². The molecule has 1 aliphatic heterocycles. The average Bonchev–Trinajstić information content (AvgIpc) is 2.97. The second-order valence-electron chi connectivity index (χ2n) is 9.93. The number of nitrogens with zero attached hydrogens (tertiary/aromatic N) is 2. The molecule has 0 atom stereocenters. The van der Waals surface area contributed by atoms with Gasteiger partial charge in [-0.1, -0.05) is 54.6 Å². The van der Waals surface area contributed by atoms with Gasteiger partial charge in [-0.15, -0.1) is 0 Å². The van der Waals surface area contributed by atoms with E-state index in [4.69, 9.17) is 9.47 Å². The van der Waals surface area contributed by atoms with Gasteiger partial charge in [0.25, 0.3) is 0 Å². The lowest BCUT2D eigenvalue weighted by atomic mass is 9.77. The highest BCUT2D eigenvalue weighted by molar-refractivity contribution is 5.90. The summed E-state index contributed by atoms with van der Waals surface area (Å²) < 4.78 is 10.9. The maximum atomic E-state index is 11.7. The summed E-state index contributed by atoms with van der Waals surface area (Å²) in [4.78, 5) is 16.9. The molecule has 5 nitrogen and oxygen atoms in total. The monoisotopic (exact) mass is 484 g/mol. The van der Waals surface area contributed by atoms with Gasteiger partial charge in [0, 0.05) is 45.0 Å². The second kappa shape index (κ2) is 10.9. The first-order valence-electron chi connectivity index (χ1n) is 13.0. The van der Waals surface area contributed by atoms with Gasteiger partial charge in [-0.05, 0) is 66.6 Å². The minimum absolute atomic E-state index is 0.124. The molecular weight excluding hydrogens is 448 g/mol. The van der Waals surface area contributed by atoms with Crippen molar-refractivity contribution in [3.63, 3.8) is 0 Å². The van der Waals surface area contributed by atoms with E-state index >= 15 is 0 Å². The molecule has 2 aliphatic rings. The topological polar surface area (TPSA) is 42.0 Å². The van der Waals surface area contributed by atoms with E-state index in [1.165, 1.54) is 31.2 Å². The van der Waals surface area contributed by atoms with Gasteiger partial charge < -0.3 is 14.4 Å². The first-order chi connectivity index (χ1) is 17.6. The number of rotatable bonds is 6. The van der Waals surface area contributed by atoms with Crippen LogP contribution in [0, 0.1) is 0 Å². The summed E-state index contributed by atoms with van der Waals surface area (Å²) in [6.45, 7) is 4.31. The zero-order valence-corrected chi connectivity index (χ0v) is 21.4. The molecule has 1 saturated carbocycles. The quantitative estimate of drug-likeness (QED) is 0.417. The van der Waals surface area contributed by atoms with Crippen molar-refractivity contribution in [2.75, 3.05) is 45.3 Å². The van der Waals surface area contributed by atoms with Crippen LogP contribution in [-0.4, -0.2) is 57.3 Å². The molecule has 3 aromatic carbocycles. The molecule has 2 fully saturated rings. The molecule has 1 aliphatic carbocycles. The van der Waals surface area contributed by atoms with Crippen LogP contribution in [0.3, 0.4) is 0 Å². The number of benzene rings is 3. The van der Waals surface area contributed by atoms with Gasteiger partial charge in [-0.3, -0.25) is 4.90 Å². The maximum absolute atomic E-state index is 11.7. The van der Waals surface area contributed by atoms with Crippen LogP contribution in [-0.2, 0) is 15.1 Å². The molecule has 5 heteroatoms. The molecule has 0 radical (unpaired) electrons. The fraction of sp³-hybridized carbons (Fsp3) is 0.387. The fourth-order valence-corrected chi connectivity index (χ4v) is 5.91. The SMILES string of the molecule is COC(=O)c1ccc(-c2ccc(N3CCN(C4CCC(OC)(c5ccccc5)CC4)CC3)cc2)cc1. The Labute approximate surface area is 214 Å². The number of carbonyl (C=O) groups excluding carboxylic acids is 1. The molecule has 0 amide bonds. The van der Waals surface area contributed by atoms with Crippen molar-refractivity contribution < 1.29 is 14.3 Å². The van der Waals surface area contributed by atoms with E-state index in [1.807, 2.05) is 31.4 Å². The Bertz CT molecular complexity index is 1130. The Morgan fingerprint density at radius 3 is 1.92 bits per heavy atom. The molecule has 0 aromatic heterocycles. The Balaban J connectivity index is 1.15. The van der Waals surface area contributed by atoms with E-state index in [0.717, 1.165) is 50.1 Å². The highest BCUT2D eigenvalue weighted by atomic mass is 16.5. The second-order valence-corrected chi connectivity index (χ2v) is 9.93. The summed E-state index contributed by atoms with van der Waals surface area (Å²) in [5, 5.41) is 0. The van der Waals surface area contributed by atoms with Gasteiger partial charge >= 0.3 is 5.97 Å². The van der Waals surface area contributed by atoms with E-state index in [9.17, 15) is 4.79 Å². The summed E-state index contributed by atoms with van der Waals surface area (Å²) in [6.07, 6.45) is 4.54. The van der Waals surface area contributed by atoms with E-state index < -0.39 is 0 Å². The van der Waals surface area contributed by atoms with E-state index in [-0.39, 0.29) is 11.6 Å². The van der Waals surface area contributed by atoms with Gasteiger partial charge in [0.05, 0.1) is 18.3 Å². The minimum atomic E-state index is -0.307. The summed E-state index contributed by atoms with van der Waals surface area (Å²) in [5.41, 5.74) is 5.28. The summed E-state index contributed by atoms with van der Waals surface area (Å²) in [5.74, 6) is -0.307. The third-order valence-corrected chi connectivity index (χ3v) is 8.16. The molecule has 0 unspecified atom stereocenters. The Morgan fingerprint density at radius 2 is 1.36 bits per heavy atom. The largest absolute Gasteiger partial charge is 0.465 e. The van der Waals surface area contributed by atoms with E-state index in [2.05, 4.69) is 64.4 Å². The maximum Gasteiger partial charge on any atom is 0.337 e. The average molecular weight is 485 g/mol. The number of ether oxygens (including phenoxy) is 2. The predicted molar refractivity (Wildman–Crippen MR) is 144 cm³/mol. The smallest absolute Gasteiger partial charge is 0.337 e. The number of carbonyl (C=O) groups is 1. The van der Waals surface area contributed by atoms with Crippen molar-refractivity contribution in [2.24, 2.45) is 0 Å². The molecule has 3 aromatic rings. The standard InChI is InChI=1S/C31H36N2O3/c1-35-30(34)26-10-8-24(9-11-26)25-12-14-28(15-13-25)32-20-22-33(23-21-32)29-16-18-31(36-2,19-17-29)27-6-4-3-5-7-27/h3-15,29H,16-23H2,1-2H3. The molecule has 188 valence electrons. The molecule has 1 saturated heterocycles. The zero-order chi connectivity index (χ0) is 25.0. The van der Waals surface area contributed by atoms with Crippen LogP contribution < -0.4 is 4.90 Å². The van der Waals surface area contributed by atoms with Gasteiger partial charge in [-0.2, -0.15) is 0 Å². The van der Waals surface area contributed by atoms with Crippen molar-refractivity contribution in [2.45, 2.75) is 37.3 Å². The molecule has 0 bridgehead atoms. The van der Waals surface area contributed by atoms with Crippen LogP contribution in [0.15, 0.2) is 78.9 Å². The lowest BCUT2D eigenvalue weighted by Crippen LogP contribution is -2.52. The third kappa shape index (κ3) is 5.04. The van der Waals surface area contributed by atoms with E-state index in [1.54, 1.807) is 0 Å². The van der Waals surface area contributed by atoms with Crippen molar-refractivity contribution in [3.05, 3.63) is 90.0 Å². The van der Waals surface area contributed by atoms with Crippen LogP contribution in [0.1, 0.15) is 41.6 Å². The normalized spacial score (nSPS) is 22.8. The number of esters is 1. The van der Waals surface area contributed by atoms with Gasteiger partial charge in [0.1, 0.15) is 0 Å². The Hall–Kier alpha value is -3.15. The fourth-order valence-electron chi connectivity index (χ4n) is 5.91. The third-order valence-electron chi connectivity index (χ3n) is 8.16. The first-order valence-corrected chi connectivity index (χ1v) is 13.0. The first kappa shape index (κ1) is 24.5. The Kier molecular flexibility index (Phi) is 7.40. The number of piperazine rings is 1. The van der Waals surface area contributed by atoms with Gasteiger partial charge in [0.2, 0.25) is 0 Å². The molecule has 5 rings (SSSR count). The molecule has 0 N–H and O–H groups in total. The van der Waals surface area contributed by atoms with Crippen molar-refractivity contribution >= 4 is 11.7 Å². The highest BCUT2D eigenvalue weighted by Crippen LogP contribution is 2.41. The van der Waals surface area contributed by atoms with Crippen LogP contribution in [0.4, 0.5) is 5.69 Å². The Morgan fingerprint density at radius 1 is 0.778 bits per heavy atom. The number of hydrogen-bond acceptors (Lipinski definition) is 5. The summed E-state index contributed by atoms with van der Waals surface area (Å²) >= 11 is 0. The predicted octanol–water partition coefficient (Wildman–Crippen LogP) is 5.75. The minimum Gasteiger partial charge on any atom is -0.465 e.